The van der Waals surface area contributed by atoms with Crippen LogP contribution in [0.1, 0.15) is 155 Å². The quantitative estimate of drug-likeness (QED) is 0.0241. The molecule has 0 amide bonds. The van der Waals surface area contributed by atoms with Crippen molar-refractivity contribution in [1.82, 2.24) is 0 Å². The number of carboxylic acid groups (broad SMARTS) is 1. The van der Waals surface area contributed by atoms with Crippen molar-refractivity contribution >= 4 is 25.7 Å². The SMILES string of the molecule is CC/C=C\C/C=C\C/C=C\CCCCCCCCCC(=O)OC(COC(=O)CCCCCCC/C=C\CCCC)COP(=O)(O)OCC(N)C(=O)O. The molecule has 0 rings (SSSR count). The fourth-order valence-electron chi connectivity index (χ4n) is 4.94. The first kappa shape index (κ1) is 49.4. The molecule has 0 heterocycles. The molecule has 3 atom stereocenters. The fraction of sp³-hybridized carbons (Fsp3) is 0.725. The van der Waals surface area contributed by atoms with Crippen LogP contribution in [0.3, 0.4) is 0 Å². The highest BCUT2D eigenvalue weighted by atomic mass is 31.2. The molecule has 0 aliphatic carbocycles. The van der Waals surface area contributed by atoms with Gasteiger partial charge in [0.2, 0.25) is 0 Å². The Morgan fingerprint density at radius 2 is 1.08 bits per heavy atom. The number of rotatable bonds is 36. The van der Waals surface area contributed by atoms with E-state index in [-0.39, 0.29) is 19.4 Å². The molecule has 11 nitrogen and oxygen atoms in total. The molecule has 0 aromatic rings. The Morgan fingerprint density at radius 1 is 0.615 bits per heavy atom. The third-order valence-electron chi connectivity index (χ3n) is 8.06. The molecule has 0 saturated heterocycles. The van der Waals surface area contributed by atoms with Crippen LogP contribution in [0.15, 0.2) is 48.6 Å². The summed E-state index contributed by atoms with van der Waals surface area (Å²) in [5.74, 6) is -2.41. The van der Waals surface area contributed by atoms with E-state index in [1.54, 1.807) is 0 Å². The van der Waals surface area contributed by atoms with Crippen molar-refractivity contribution in [3.63, 3.8) is 0 Å². The summed E-state index contributed by atoms with van der Waals surface area (Å²) in [6.07, 6.45) is 37.5. The second kappa shape index (κ2) is 35.5. The van der Waals surface area contributed by atoms with Gasteiger partial charge >= 0.3 is 25.7 Å². The standard InChI is InChI=1S/C40H70NO10P/c1-3-5-7-9-11-13-15-16-17-18-19-20-22-24-26-28-30-32-39(43)51-36(34-49-52(46,47)50-35-37(41)40(44)45)33-48-38(42)31-29-27-25-23-21-14-12-10-8-6-4-2/h5,7,10-13,16-17,36-37H,3-4,6,8-9,14-15,18-35,41H2,1-2H3,(H,44,45)(H,46,47)/b7-5-,12-10-,13-11-,17-16-. The number of aliphatic carboxylic acids is 1. The summed E-state index contributed by atoms with van der Waals surface area (Å²) in [5, 5.41) is 8.86. The predicted molar refractivity (Wildman–Crippen MR) is 208 cm³/mol. The molecule has 0 bridgehead atoms. The molecular weight excluding hydrogens is 685 g/mol. The van der Waals surface area contributed by atoms with Crippen LogP contribution in [0.25, 0.3) is 0 Å². The average Bonchev–Trinajstić information content (AvgIpc) is 3.12. The monoisotopic (exact) mass is 755 g/mol. The zero-order chi connectivity index (χ0) is 38.5. The molecule has 0 fully saturated rings. The van der Waals surface area contributed by atoms with Crippen LogP contribution >= 0.6 is 7.82 Å². The summed E-state index contributed by atoms with van der Waals surface area (Å²) in [6, 6.07) is -1.52. The average molecular weight is 756 g/mol. The predicted octanol–water partition coefficient (Wildman–Crippen LogP) is 9.83. The number of hydrogen-bond acceptors (Lipinski definition) is 9. The van der Waals surface area contributed by atoms with Gasteiger partial charge in [-0.1, -0.05) is 127 Å². The molecule has 12 heteroatoms. The van der Waals surface area contributed by atoms with Crippen molar-refractivity contribution in [2.75, 3.05) is 19.8 Å². The summed E-state index contributed by atoms with van der Waals surface area (Å²) in [4.78, 5) is 45.8. The van der Waals surface area contributed by atoms with Crippen molar-refractivity contribution < 1.29 is 47.5 Å². The summed E-state index contributed by atoms with van der Waals surface area (Å²) < 4.78 is 32.6. The number of carbonyl (C=O) groups excluding carboxylic acids is 2. The summed E-state index contributed by atoms with van der Waals surface area (Å²) in [5.41, 5.74) is 5.32. The van der Waals surface area contributed by atoms with Crippen molar-refractivity contribution in [1.29, 1.82) is 0 Å². The largest absolute Gasteiger partial charge is 0.480 e. The van der Waals surface area contributed by atoms with Gasteiger partial charge in [-0.25, -0.2) is 4.57 Å². The van der Waals surface area contributed by atoms with E-state index in [4.69, 9.17) is 24.8 Å². The maximum atomic E-state index is 12.6. The van der Waals surface area contributed by atoms with E-state index in [9.17, 15) is 23.8 Å². The van der Waals surface area contributed by atoms with E-state index in [2.05, 4.69) is 67.0 Å². The van der Waals surface area contributed by atoms with Crippen molar-refractivity contribution in [2.24, 2.45) is 5.73 Å². The lowest BCUT2D eigenvalue weighted by Gasteiger charge is -2.20. The van der Waals surface area contributed by atoms with Crippen LogP contribution < -0.4 is 5.73 Å². The molecule has 3 unspecified atom stereocenters. The van der Waals surface area contributed by atoms with E-state index < -0.39 is 51.1 Å². The first-order valence-corrected chi connectivity index (χ1v) is 21.2. The molecule has 0 spiro atoms. The van der Waals surface area contributed by atoms with E-state index in [1.165, 1.54) is 19.3 Å². The number of esters is 2. The van der Waals surface area contributed by atoms with Gasteiger partial charge in [-0.3, -0.25) is 23.4 Å². The van der Waals surface area contributed by atoms with Gasteiger partial charge in [-0.15, -0.1) is 0 Å². The van der Waals surface area contributed by atoms with Crippen LogP contribution in [-0.4, -0.2) is 59.9 Å². The van der Waals surface area contributed by atoms with Crippen LogP contribution in [-0.2, 0) is 37.5 Å². The zero-order valence-electron chi connectivity index (χ0n) is 32.1. The van der Waals surface area contributed by atoms with Crippen LogP contribution in [0, 0.1) is 0 Å². The minimum atomic E-state index is -4.72. The van der Waals surface area contributed by atoms with Crippen molar-refractivity contribution in [2.45, 2.75) is 167 Å². The third-order valence-corrected chi connectivity index (χ3v) is 9.01. The second-order valence-corrected chi connectivity index (χ2v) is 14.5. The maximum absolute atomic E-state index is 12.6. The number of unbranched alkanes of at least 4 members (excludes halogenated alkanes) is 14. The Labute approximate surface area is 314 Å². The highest BCUT2D eigenvalue weighted by molar-refractivity contribution is 7.47. The van der Waals surface area contributed by atoms with E-state index in [0.717, 1.165) is 96.3 Å². The normalized spacial score (nSPS) is 14.4. The number of hydrogen-bond donors (Lipinski definition) is 3. The van der Waals surface area contributed by atoms with Crippen LogP contribution in [0.2, 0.25) is 0 Å². The lowest BCUT2D eigenvalue weighted by molar-refractivity contribution is -0.161. The highest BCUT2D eigenvalue weighted by Gasteiger charge is 2.28. The molecule has 0 saturated carbocycles. The van der Waals surface area contributed by atoms with Crippen molar-refractivity contribution in [3.8, 4) is 0 Å². The number of phosphoric ester groups is 1. The molecule has 0 aromatic heterocycles. The minimum Gasteiger partial charge on any atom is -0.480 e. The van der Waals surface area contributed by atoms with Gasteiger partial charge in [0.05, 0.1) is 13.2 Å². The first-order chi connectivity index (χ1) is 25.1. The van der Waals surface area contributed by atoms with Gasteiger partial charge in [0.1, 0.15) is 12.6 Å². The molecule has 0 aromatic carbocycles. The summed E-state index contributed by atoms with van der Waals surface area (Å²) in [6.45, 7) is 2.61. The molecular formula is C40H70NO10P. The smallest absolute Gasteiger partial charge is 0.472 e. The topological polar surface area (TPSA) is 172 Å². The fourth-order valence-corrected chi connectivity index (χ4v) is 5.72. The van der Waals surface area contributed by atoms with Gasteiger partial charge < -0.3 is 25.2 Å². The number of ether oxygens (including phenoxy) is 2. The first-order valence-electron chi connectivity index (χ1n) is 19.7. The Bertz CT molecular complexity index is 1070. The van der Waals surface area contributed by atoms with Gasteiger partial charge in [-0.05, 0) is 64.2 Å². The zero-order valence-corrected chi connectivity index (χ0v) is 33.0. The van der Waals surface area contributed by atoms with Gasteiger partial charge in [-0.2, -0.15) is 0 Å². The Morgan fingerprint density at radius 3 is 1.63 bits per heavy atom. The molecule has 0 aliphatic rings. The molecule has 0 radical (unpaired) electrons. The summed E-state index contributed by atoms with van der Waals surface area (Å²) in [7, 11) is -4.72. The molecule has 52 heavy (non-hydrogen) atoms. The van der Waals surface area contributed by atoms with Crippen LogP contribution in [0.4, 0.5) is 0 Å². The third kappa shape index (κ3) is 34.5. The Balaban J connectivity index is 4.43. The highest BCUT2D eigenvalue weighted by Crippen LogP contribution is 2.43. The van der Waals surface area contributed by atoms with Crippen LogP contribution in [0.5, 0.6) is 0 Å². The molecule has 4 N–H and O–H groups in total. The lowest BCUT2D eigenvalue weighted by atomic mass is 10.1. The van der Waals surface area contributed by atoms with E-state index in [1.807, 2.05) is 0 Å². The Kier molecular flexibility index (Phi) is 33.7. The lowest BCUT2D eigenvalue weighted by Crippen LogP contribution is -2.34. The van der Waals surface area contributed by atoms with Crippen molar-refractivity contribution in [3.05, 3.63) is 48.6 Å². The second-order valence-electron chi connectivity index (χ2n) is 13.0. The van der Waals surface area contributed by atoms with E-state index >= 15 is 0 Å². The number of carbonyl (C=O) groups is 3. The number of carboxylic acids is 1. The van der Waals surface area contributed by atoms with Gasteiger partial charge in [0, 0.05) is 12.8 Å². The van der Waals surface area contributed by atoms with Gasteiger partial charge in [0.25, 0.3) is 0 Å². The Hall–Kier alpha value is -2.56. The molecule has 300 valence electrons. The minimum absolute atomic E-state index is 0.147. The number of phosphoric acid groups is 1. The van der Waals surface area contributed by atoms with E-state index in [0.29, 0.717) is 12.8 Å². The molecule has 0 aliphatic heterocycles. The van der Waals surface area contributed by atoms with Gasteiger partial charge in [0.15, 0.2) is 6.10 Å². The summed E-state index contributed by atoms with van der Waals surface area (Å²) >= 11 is 0. The number of nitrogens with two attached hydrogens (primary N) is 1. The number of allylic oxidation sites excluding steroid dienone is 8. The maximum Gasteiger partial charge on any atom is 0.472 e.